The zero-order chi connectivity index (χ0) is 36.2. The van der Waals surface area contributed by atoms with Gasteiger partial charge in [0, 0.05) is 41.8 Å². The summed E-state index contributed by atoms with van der Waals surface area (Å²) in [5, 5.41) is 5.59. The molecule has 0 saturated carbocycles. The van der Waals surface area contributed by atoms with Crippen LogP contribution in [-0.2, 0) is 4.43 Å². The zero-order valence-corrected chi connectivity index (χ0v) is 33.5. The lowest BCUT2D eigenvalue weighted by molar-refractivity contribution is -0.142. The summed E-state index contributed by atoms with van der Waals surface area (Å²) >= 11 is 3.69. The van der Waals surface area contributed by atoms with Gasteiger partial charge in [0.05, 0.1) is 19.3 Å². The number of carbonyl (C=O) groups is 1. The van der Waals surface area contributed by atoms with E-state index in [0.717, 1.165) is 48.4 Å². The average Bonchev–Trinajstić information content (AvgIpc) is 3.10. The highest BCUT2D eigenvalue weighted by atomic mass is 79.9. The van der Waals surface area contributed by atoms with Gasteiger partial charge in [0.1, 0.15) is 5.75 Å². The number of benzene rings is 4. The summed E-state index contributed by atoms with van der Waals surface area (Å²) in [6.07, 6.45) is 1.94. The minimum absolute atomic E-state index is 0.0646. The molecule has 2 amide bonds. The number of likely N-dealkylation sites (N-methyl/N-ethyl adjacent to an activating group) is 1. The van der Waals surface area contributed by atoms with Crippen molar-refractivity contribution < 1.29 is 14.0 Å². The number of carbonyl (C=O) groups excluding carboxylic acids is 1. The fraction of sp³-hybridized carbons (Fsp3) is 0.405. The molecule has 2 aliphatic rings. The summed E-state index contributed by atoms with van der Waals surface area (Å²) in [6.45, 7) is 10.8. The van der Waals surface area contributed by atoms with Crippen molar-refractivity contribution in [3.63, 3.8) is 0 Å². The Labute approximate surface area is 314 Å². The number of nitrogens with one attached hydrogen (secondary N) is 1. The largest absolute Gasteiger partial charge is 0.497 e. The number of nitrogens with zero attached hydrogens (tertiary/aromatic N) is 3. The number of halogens is 1. The smallest absolute Gasteiger partial charge is 0.321 e. The Morgan fingerprint density at radius 1 is 0.882 bits per heavy atom. The zero-order valence-electron chi connectivity index (χ0n) is 30.9. The van der Waals surface area contributed by atoms with Crippen LogP contribution in [0.15, 0.2) is 114 Å². The van der Waals surface area contributed by atoms with Gasteiger partial charge in [-0.3, -0.25) is 4.90 Å². The van der Waals surface area contributed by atoms with Gasteiger partial charge in [0.15, 0.2) is 0 Å². The molecule has 2 heterocycles. The van der Waals surface area contributed by atoms with Crippen LogP contribution in [0.3, 0.4) is 0 Å². The Bertz CT molecular complexity index is 1690. The molecule has 0 spiro atoms. The minimum Gasteiger partial charge on any atom is -0.497 e. The van der Waals surface area contributed by atoms with E-state index in [4.69, 9.17) is 9.16 Å². The van der Waals surface area contributed by atoms with Crippen LogP contribution in [0.25, 0.3) is 0 Å². The van der Waals surface area contributed by atoms with E-state index in [9.17, 15) is 4.79 Å². The quantitative estimate of drug-likeness (QED) is 0.170. The van der Waals surface area contributed by atoms with Gasteiger partial charge in [0.25, 0.3) is 8.32 Å². The van der Waals surface area contributed by atoms with Gasteiger partial charge in [-0.15, -0.1) is 0 Å². The van der Waals surface area contributed by atoms with Gasteiger partial charge < -0.3 is 24.3 Å². The summed E-state index contributed by atoms with van der Waals surface area (Å²) < 4.78 is 14.2. The first kappa shape index (κ1) is 37.3. The number of hydrogen-bond donors (Lipinski definition) is 1. The van der Waals surface area contributed by atoms with Crippen molar-refractivity contribution in [2.24, 2.45) is 0 Å². The van der Waals surface area contributed by atoms with E-state index in [0.29, 0.717) is 13.2 Å². The first-order valence-electron chi connectivity index (χ1n) is 18.1. The number of ether oxygens (including phenoxy) is 1. The molecule has 51 heavy (non-hydrogen) atoms. The van der Waals surface area contributed by atoms with Crippen molar-refractivity contribution in [1.82, 2.24) is 14.7 Å². The van der Waals surface area contributed by atoms with Crippen molar-refractivity contribution in [3.8, 4) is 5.75 Å². The first-order valence-corrected chi connectivity index (χ1v) is 20.8. The third-order valence-corrected chi connectivity index (χ3v) is 16.3. The Hall–Kier alpha value is -3.47. The van der Waals surface area contributed by atoms with Crippen LogP contribution in [0.5, 0.6) is 5.75 Å². The van der Waals surface area contributed by atoms with Gasteiger partial charge in [-0.25, -0.2) is 4.79 Å². The number of amides is 2. The monoisotopic (exact) mass is 768 g/mol. The van der Waals surface area contributed by atoms with E-state index in [2.05, 4.69) is 151 Å². The third-order valence-electron chi connectivity index (χ3n) is 10.8. The van der Waals surface area contributed by atoms with E-state index in [1.807, 2.05) is 29.2 Å². The van der Waals surface area contributed by atoms with Crippen LogP contribution in [0.4, 0.5) is 10.5 Å². The second-order valence-corrected chi connectivity index (χ2v) is 20.6. The number of urea groups is 1. The molecule has 4 aromatic rings. The summed E-state index contributed by atoms with van der Waals surface area (Å²) in [7, 11) is 3.17. The van der Waals surface area contributed by atoms with Crippen LogP contribution in [0.1, 0.15) is 45.1 Å². The van der Waals surface area contributed by atoms with Gasteiger partial charge >= 0.3 is 6.03 Å². The molecule has 0 aliphatic carbocycles. The maximum Gasteiger partial charge on any atom is 0.321 e. The van der Waals surface area contributed by atoms with Gasteiger partial charge in [-0.1, -0.05) is 109 Å². The van der Waals surface area contributed by atoms with E-state index >= 15 is 0 Å². The molecular formula is C42H53BrN4O3Si. The average molecular weight is 770 g/mol. The van der Waals surface area contributed by atoms with Gasteiger partial charge in [-0.2, -0.15) is 0 Å². The van der Waals surface area contributed by atoms with Crippen molar-refractivity contribution in [2.75, 3.05) is 59.3 Å². The molecule has 0 unspecified atom stereocenters. The lowest BCUT2D eigenvalue weighted by Crippen LogP contribution is -2.80. The molecule has 6 rings (SSSR count). The molecule has 2 aliphatic heterocycles. The molecule has 2 fully saturated rings. The van der Waals surface area contributed by atoms with Crippen LogP contribution in [-0.4, -0.2) is 94.6 Å². The normalized spacial score (nSPS) is 21.3. The second-order valence-electron chi connectivity index (χ2n) is 15.4. The molecule has 1 N–H and O–H groups in total. The highest BCUT2D eigenvalue weighted by molar-refractivity contribution is 9.10. The summed E-state index contributed by atoms with van der Waals surface area (Å²) in [5.74, 6) is 0.903. The first-order chi connectivity index (χ1) is 24.5. The van der Waals surface area contributed by atoms with Crippen LogP contribution < -0.4 is 20.4 Å². The number of hydrogen-bond acceptors (Lipinski definition) is 5. The van der Waals surface area contributed by atoms with E-state index in [-0.39, 0.29) is 28.6 Å². The third kappa shape index (κ3) is 7.55. The molecule has 2 saturated heterocycles. The Morgan fingerprint density at radius 3 is 2.02 bits per heavy atom. The highest BCUT2D eigenvalue weighted by Gasteiger charge is 2.63. The van der Waals surface area contributed by atoms with E-state index in [1.165, 1.54) is 15.9 Å². The molecule has 0 bridgehead atoms. The summed E-state index contributed by atoms with van der Waals surface area (Å²) in [4.78, 5) is 20.9. The standard InChI is InChI=1S/C42H53BrN4O3Si/c1-41(2,3)51(36-15-9-7-10-16-36,37-17-11-8-12-18-37)50-31-42(30-45(4)5)39(32-19-21-33(43)22-20-32)38-29-46(27-13-14-28-47(38)42)40(48)44-34-23-25-35(49-6)26-24-34/h7-12,15-26,38-39H,13-14,27-31H2,1-6H3,(H,44,48)/t38-,39+,42-/m0/s1. The molecule has 0 aromatic heterocycles. The van der Waals surface area contributed by atoms with Crippen molar-refractivity contribution in [1.29, 1.82) is 0 Å². The summed E-state index contributed by atoms with van der Waals surface area (Å²) in [5.41, 5.74) is 1.73. The number of methoxy groups -OCH3 is 1. The van der Waals surface area contributed by atoms with Gasteiger partial charge in [-0.05, 0) is 90.9 Å². The maximum atomic E-state index is 13.9. The van der Waals surface area contributed by atoms with Crippen molar-refractivity contribution in [2.45, 2.75) is 56.1 Å². The molecule has 270 valence electrons. The molecule has 9 heteroatoms. The predicted octanol–water partition coefficient (Wildman–Crippen LogP) is 7.43. The van der Waals surface area contributed by atoms with Crippen molar-refractivity contribution in [3.05, 3.63) is 119 Å². The fourth-order valence-corrected chi connectivity index (χ4v) is 13.6. The lowest BCUT2D eigenvalue weighted by Gasteiger charge is -2.67. The Balaban J connectivity index is 1.41. The molecule has 0 radical (unpaired) electrons. The molecular weight excluding hydrogens is 716 g/mol. The highest BCUT2D eigenvalue weighted by Crippen LogP contribution is 2.52. The van der Waals surface area contributed by atoms with E-state index in [1.54, 1.807) is 7.11 Å². The maximum absolute atomic E-state index is 13.9. The number of rotatable bonds is 10. The number of anilines is 1. The van der Waals surface area contributed by atoms with Gasteiger partial charge in [0.2, 0.25) is 0 Å². The SMILES string of the molecule is COc1ccc(NC(=O)N2CCCCN3[C@@H](C2)[C@@H](c2ccc(Br)cc2)[C@@]3(CO[Si](c2ccccc2)(c2ccccc2)C(C)(C)C)CN(C)C)cc1. The minimum atomic E-state index is -2.83. The van der Waals surface area contributed by atoms with Crippen LogP contribution in [0, 0.1) is 0 Å². The Kier molecular flexibility index (Phi) is 11.4. The Morgan fingerprint density at radius 2 is 1.47 bits per heavy atom. The molecule has 3 atom stereocenters. The number of fused-ring (bicyclic) bond motifs is 1. The molecule has 7 nitrogen and oxygen atoms in total. The second kappa shape index (κ2) is 15.6. The fourth-order valence-electron chi connectivity index (χ4n) is 8.67. The van der Waals surface area contributed by atoms with Crippen LogP contribution >= 0.6 is 15.9 Å². The van der Waals surface area contributed by atoms with E-state index < -0.39 is 8.32 Å². The topological polar surface area (TPSA) is 57.3 Å². The lowest BCUT2D eigenvalue weighted by atomic mass is 9.64. The van der Waals surface area contributed by atoms with Crippen molar-refractivity contribution >= 4 is 46.3 Å². The molecule has 4 aromatic carbocycles. The summed E-state index contributed by atoms with van der Waals surface area (Å²) in [6, 6.07) is 38.3. The van der Waals surface area contributed by atoms with Crippen LogP contribution in [0.2, 0.25) is 5.04 Å². The predicted molar refractivity (Wildman–Crippen MR) is 215 cm³/mol.